The smallest absolute Gasteiger partial charge is 0.254 e. The van der Waals surface area contributed by atoms with Gasteiger partial charge in [-0.15, -0.1) is 0 Å². The van der Waals surface area contributed by atoms with Gasteiger partial charge in [-0.3, -0.25) is 4.79 Å². The molecule has 0 radical (unpaired) electrons. The number of hydrogen-bond acceptors (Lipinski definition) is 5. The van der Waals surface area contributed by atoms with Crippen molar-refractivity contribution in [3.8, 4) is 5.88 Å². The lowest BCUT2D eigenvalue weighted by atomic mass is 10.1. The molecule has 17 heavy (non-hydrogen) atoms. The molecule has 0 bridgehead atoms. The first-order chi connectivity index (χ1) is 8.04. The van der Waals surface area contributed by atoms with Gasteiger partial charge in [-0.1, -0.05) is 0 Å². The van der Waals surface area contributed by atoms with Gasteiger partial charge in [0.1, 0.15) is 5.82 Å². The van der Waals surface area contributed by atoms with Crippen LogP contribution < -0.4 is 5.56 Å². The van der Waals surface area contributed by atoms with Crippen molar-refractivity contribution in [3.05, 3.63) is 22.2 Å². The predicted molar refractivity (Wildman–Crippen MR) is 64.1 cm³/mol. The van der Waals surface area contributed by atoms with Gasteiger partial charge in [0, 0.05) is 32.1 Å². The van der Waals surface area contributed by atoms with Crippen molar-refractivity contribution < 1.29 is 5.11 Å². The minimum Gasteiger partial charge on any atom is -0.493 e. The third-order valence-electron chi connectivity index (χ3n) is 3.19. The average molecular weight is 238 g/mol. The molecular formula is C11H18N4O2. The molecule has 0 saturated carbocycles. The molecular weight excluding hydrogens is 220 g/mol. The Kier molecular flexibility index (Phi) is 3.44. The van der Waals surface area contributed by atoms with Crippen molar-refractivity contribution in [3.63, 3.8) is 0 Å². The maximum Gasteiger partial charge on any atom is 0.254 e. The number of hydrogen-bond donors (Lipinski definition) is 2. The van der Waals surface area contributed by atoms with E-state index in [0.717, 1.165) is 25.7 Å². The van der Waals surface area contributed by atoms with E-state index >= 15 is 0 Å². The van der Waals surface area contributed by atoms with Crippen molar-refractivity contribution in [1.82, 2.24) is 19.8 Å². The number of nitrogens with zero attached hydrogens (tertiary/aromatic N) is 3. The molecule has 2 rings (SSSR count). The van der Waals surface area contributed by atoms with Crippen molar-refractivity contribution >= 4 is 0 Å². The monoisotopic (exact) mass is 238 g/mol. The van der Waals surface area contributed by atoms with Crippen molar-refractivity contribution in [2.75, 3.05) is 33.7 Å². The molecule has 0 aromatic carbocycles. The van der Waals surface area contributed by atoms with E-state index in [1.165, 1.54) is 0 Å². The van der Waals surface area contributed by atoms with Gasteiger partial charge in [0.2, 0.25) is 5.88 Å². The highest BCUT2D eigenvalue weighted by molar-refractivity contribution is 5.07. The molecule has 0 spiro atoms. The summed E-state index contributed by atoms with van der Waals surface area (Å²) in [6.45, 7) is 3.00. The summed E-state index contributed by atoms with van der Waals surface area (Å²) in [5.41, 5.74) is -0.306. The highest BCUT2D eigenvalue weighted by Gasteiger charge is 2.23. The molecule has 94 valence electrons. The Balaban J connectivity index is 2.11. The number of aromatic amines is 1. The van der Waals surface area contributed by atoms with E-state index in [9.17, 15) is 9.90 Å². The summed E-state index contributed by atoms with van der Waals surface area (Å²) < 4.78 is 0. The number of aromatic nitrogens is 2. The van der Waals surface area contributed by atoms with Gasteiger partial charge in [0.25, 0.3) is 5.56 Å². The van der Waals surface area contributed by atoms with Gasteiger partial charge < -0.3 is 19.9 Å². The van der Waals surface area contributed by atoms with Crippen LogP contribution in [0.15, 0.2) is 10.9 Å². The fourth-order valence-electron chi connectivity index (χ4n) is 2.14. The number of likely N-dealkylation sites (N-methyl/N-ethyl adjacent to an activating group) is 2. The summed E-state index contributed by atoms with van der Waals surface area (Å²) in [6.07, 6.45) is 0.643. The maximum absolute atomic E-state index is 11.2. The molecule has 1 aliphatic heterocycles. The molecule has 0 amide bonds. The van der Waals surface area contributed by atoms with Crippen molar-refractivity contribution in [1.29, 1.82) is 0 Å². The lowest BCUT2D eigenvalue weighted by molar-refractivity contribution is 0.113. The first-order valence-electron chi connectivity index (χ1n) is 5.72. The molecule has 1 unspecified atom stereocenters. The maximum atomic E-state index is 11.2. The standard InChI is InChI=1S/C11H18N4O2/c1-14-3-4-15(2)8(7-14)5-9-12-10(16)6-11(17)13-9/h6,8H,3-5,7H2,1-2H3,(H2,12,13,16,17). The summed E-state index contributed by atoms with van der Waals surface area (Å²) in [5, 5.41) is 9.29. The van der Waals surface area contributed by atoms with Crippen molar-refractivity contribution in [2.24, 2.45) is 0 Å². The molecule has 1 aromatic rings. The van der Waals surface area contributed by atoms with E-state index in [1.54, 1.807) is 0 Å². The first-order valence-corrected chi connectivity index (χ1v) is 5.72. The highest BCUT2D eigenvalue weighted by atomic mass is 16.3. The predicted octanol–water partition coefficient (Wildman–Crippen LogP) is -0.736. The van der Waals surface area contributed by atoms with Crippen LogP contribution in [0.1, 0.15) is 5.82 Å². The largest absolute Gasteiger partial charge is 0.493 e. The zero-order valence-electron chi connectivity index (χ0n) is 10.2. The summed E-state index contributed by atoms with van der Waals surface area (Å²) in [6, 6.07) is 1.40. The van der Waals surface area contributed by atoms with Crippen LogP contribution in [-0.4, -0.2) is 64.6 Å². The second-order valence-corrected chi connectivity index (χ2v) is 4.65. The number of nitrogens with one attached hydrogen (secondary N) is 1. The second kappa shape index (κ2) is 4.85. The van der Waals surface area contributed by atoms with Crippen molar-refractivity contribution in [2.45, 2.75) is 12.5 Å². The van der Waals surface area contributed by atoms with Gasteiger partial charge in [-0.25, -0.2) is 4.98 Å². The molecule has 2 heterocycles. The normalized spacial score (nSPS) is 22.8. The van der Waals surface area contributed by atoms with Crippen LogP contribution in [0, 0.1) is 0 Å². The minimum absolute atomic E-state index is 0.212. The third kappa shape index (κ3) is 3.04. The summed E-state index contributed by atoms with van der Waals surface area (Å²) in [7, 11) is 4.15. The van der Waals surface area contributed by atoms with E-state index in [2.05, 4.69) is 33.9 Å². The van der Waals surface area contributed by atoms with Gasteiger partial charge in [0.05, 0.1) is 6.07 Å². The van der Waals surface area contributed by atoms with E-state index < -0.39 is 0 Å². The van der Waals surface area contributed by atoms with Crippen LogP contribution >= 0.6 is 0 Å². The molecule has 1 aromatic heterocycles. The van der Waals surface area contributed by atoms with E-state index in [0.29, 0.717) is 18.3 Å². The lowest BCUT2D eigenvalue weighted by Gasteiger charge is -2.37. The quantitative estimate of drug-likeness (QED) is 0.710. The van der Waals surface area contributed by atoms with E-state index in [4.69, 9.17) is 0 Å². The molecule has 2 N–H and O–H groups in total. The van der Waals surface area contributed by atoms with E-state index in [1.807, 2.05) is 0 Å². The summed E-state index contributed by atoms with van der Waals surface area (Å²) in [5.74, 6) is 0.331. The van der Waals surface area contributed by atoms with Crippen LogP contribution in [-0.2, 0) is 6.42 Å². The fourth-order valence-corrected chi connectivity index (χ4v) is 2.14. The fraction of sp³-hybridized carbons (Fsp3) is 0.636. The molecule has 6 nitrogen and oxygen atoms in total. The van der Waals surface area contributed by atoms with Crippen LogP contribution in [0.2, 0.25) is 0 Å². The van der Waals surface area contributed by atoms with Crippen LogP contribution in [0.5, 0.6) is 5.88 Å². The average Bonchev–Trinajstić information content (AvgIpc) is 2.22. The third-order valence-corrected chi connectivity index (χ3v) is 3.19. The van der Waals surface area contributed by atoms with Crippen LogP contribution in [0.25, 0.3) is 0 Å². The Hall–Kier alpha value is -1.40. The van der Waals surface area contributed by atoms with Gasteiger partial charge in [0.15, 0.2) is 0 Å². The Bertz CT molecular complexity index is 445. The summed E-state index contributed by atoms with van der Waals surface area (Å²) >= 11 is 0. The first kappa shape index (κ1) is 12.1. The van der Waals surface area contributed by atoms with Crippen LogP contribution in [0.4, 0.5) is 0 Å². The zero-order valence-corrected chi connectivity index (χ0v) is 10.2. The zero-order chi connectivity index (χ0) is 12.4. The highest BCUT2D eigenvalue weighted by Crippen LogP contribution is 2.10. The second-order valence-electron chi connectivity index (χ2n) is 4.65. The molecule has 1 saturated heterocycles. The number of aromatic hydroxyl groups is 1. The van der Waals surface area contributed by atoms with Gasteiger partial charge >= 0.3 is 0 Å². The van der Waals surface area contributed by atoms with Crippen LogP contribution in [0.3, 0.4) is 0 Å². The topological polar surface area (TPSA) is 72.5 Å². The Morgan fingerprint density at radius 1 is 1.53 bits per heavy atom. The summed E-state index contributed by atoms with van der Waals surface area (Å²) in [4.78, 5) is 22.3. The molecule has 1 atom stereocenters. The Morgan fingerprint density at radius 3 is 3.00 bits per heavy atom. The SMILES string of the molecule is CN1CCN(C)C(Cc2nc(O)cc(=O)[nH]2)C1. The molecule has 1 fully saturated rings. The number of rotatable bonds is 2. The lowest BCUT2D eigenvalue weighted by Crippen LogP contribution is -2.51. The van der Waals surface area contributed by atoms with E-state index in [-0.39, 0.29) is 11.4 Å². The Morgan fingerprint density at radius 2 is 2.29 bits per heavy atom. The molecule has 6 heteroatoms. The number of piperazine rings is 1. The van der Waals surface area contributed by atoms with Gasteiger partial charge in [-0.05, 0) is 14.1 Å². The number of H-pyrrole nitrogens is 1. The minimum atomic E-state index is -0.306. The molecule has 0 aliphatic carbocycles. The molecule has 1 aliphatic rings. The van der Waals surface area contributed by atoms with Gasteiger partial charge in [-0.2, -0.15) is 0 Å². The Labute approximate surface area is 99.9 Å².